The van der Waals surface area contributed by atoms with E-state index >= 15 is 0 Å². The van der Waals surface area contributed by atoms with E-state index in [0.717, 1.165) is 26.1 Å². The Balaban J connectivity index is 1.75. The normalized spacial score (nSPS) is 19.8. The highest BCUT2D eigenvalue weighted by Crippen LogP contribution is 2.60. The predicted molar refractivity (Wildman–Crippen MR) is 113 cm³/mol. The summed E-state index contributed by atoms with van der Waals surface area (Å²) in [6.45, 7) is 6.10. The number of carbonyl (C=O) groups is 1. The van der Waals surface area contributed by atoms with Gasteiger partial charge in [-0.05, 0) is 84.5 Å². The minimum atomic E-state index is -0.887. The molecule has 2 nitrogen and oxygen atoms in total. The van der Waals surface area contributed by atoms with Crippen LogP contribution in [0, 0.1) is 35.8 Å². The molecule has 2 aromatic rings. The first-order chi connectivity index (χ1) is 13.1. The molecule has 1 aliphatic rings. The summed E-state index contributed by atoms with van der Waals surface area (Å²) in [5.41, 5.74) is 2.93. The quantitative estimate of drug-likeness (QED) is 0.407. The Labute approximate surface area is 180 Å². The van der Waals surface area contributed by atoms with Crippen molar-refractivity contribution >= 4 is 37.8 Å². The number of hydrogen-bond acceptors (Lipinski definition) is 2. The van der Waals surface area contributed by atoms with E-state index in [1.165, 1.54) is 6.07 Å². The van der Waals surface area contributed by atoms with Crippen molar-refractivity contribution in [2.75, 3.05) is 0 Å². The molecular formula is C22H20Br2F2O2. The maximum absolute atomic E-state index is 13.6. The van der Waals surface area contributed by atoms with Gasteiger partial charge in [-0.3, -0.25) is 4.79 Å². The minimum absolute atomic E-state index is 0.114. The highest BCUT2D eigenvalue weighted by molar-refractivity contribution is 9.28. The lowest BCUT2D eigenvalue weighted by Crippen LogP contribution is -2.11. The van der Waals surface area contributed by atoms with Gasteiger partial charge in [0.05, 0.1) is 9.31 Å². The summed E-state index contributed by atoms with van der Waals surface area (Å²) in [4.78, 5) is 12.6. The number of benzene rings is 2. The third kappa shape index (κ3) is 4.23. The van der Waals surface area contributed by atoms with Crippen LogP contribution in [-0.4, -0.2) is 5.97 Å². The first-order valence-corrected chi connectivity index (χ1v) is 10.4. The molecule has 0 spiro atoms. The molecule has 2 atom stereocenters. The van der Waals surface area contributed by atoms with Gasteiger partial charge in [-0.15, -0.1) is 0 Å². The van der Waals surface area contributed by atoms with Crippen LogP contribution in [0.15, 0.2) is 45.9 Å². The number of carbonyl (C=O) groups excluding carboxylic acids is 1. The van der Waals surface area contributed by atoms with Crippen LogP contribution in [0.1, 0.15) is 25.0 Å². The van der Waals surface area contributed by atoms with Crippen molar-refractivity contribution in [1.29, 1.82) is 0 Å². The molecule has 0 N–H and O–H groups in total. The number of allylic oxidation sites excluding steroid dienone is 1. The summed E-state index contributed by atoms with van der Waals surface area (Å²) in [5, 5.41) is 0. The molecule has 148 valence electrons. The monoisotopic (exact) mass is 512 g/mol. The van der Waals surface area contributed by atoms with Crippen molar-refractivity contribution < 1.29 is 18.3 Å². The Hall–Kier alpha value is -1.53. The van der Waals surface area contributed by atoms with Gasteiger partial charge in [0.25, 0.3) is 0 Å². The van der Waals surface area contributed by atoms with E-state index < -0.39 is 11.6 Å². The van der Waals surface area contributed by atoms with Crippen LogP contribution < -0.4 is 0 Å². The van der Waals surface area contributed by atoms with Crippen LogP contribution in [0.25, 0.3) is 11.1 Å². The van der Waals surface area contributed by atoms with Crippen LogP contribution >= 0.6 is 31.9 Å². The molecule has 6 heteroatoms. The third-order valence-electron chi connectivity index (χ3n) is 5.52. The molecule has 0 radical (unpaired) electrons. The molecule has 0 aliphatic heterocycles. The second kappa shape index (κ2) is 8.07. The smallest absolute Gasteiger partial charge is 0.310 e. The molecule has 1 fully saturated rings. The number of halogens is 4. The van der Waals surface area contributed by atoms with Crippen LogP contribution in [0.2, 0.25) is 0 Å². The van der Waals surface area contributed by atoms with Gasteiger partial charge in [0.2, 0.25) is 0 Å². The molecule has 0 heterocycles. The highest BCUT2D eigenvalue weighted by atomic mass is 79.9. The molecule has 0 amide bonds. The van der Waals surface area contributed by atoms with Crippen molar-refractivity contribution in [3.05, 3.63) is 68.6 Å². The average Bonchev–Trinajstić information content (AvgIpc) is 3.15. The first-order valence-electron chi connectivity index (χ1n) is 8.86. The minimum Gasteiger partial charge on any atom is -0.461 e. The van der Waals surface area contributed by atoms with Crippen molar-refractivity contribution in [3.63, 3.8) is 0 Å². The summed E-state index contributed by atoms with van der Waals surface area (Å²) >= 11 is 6.69. The lowest BCUT2D eigenvalue weighted by molar-refractivity contribution is -0.147. The average molecular weight is 514 g/mol. The fraction of sp³-hybridized carbons (Fsp3) is 0.318. The van der Waals surface area contributed by atoms with E-state index in [0.29, 0.717) is 5.56 Å². The topological polar surface area (TPSA) is 26.3 Å². The molecule has 0 aromatic heterocycles. The molecule has 1 aliphatic carbocycles. The maximum Gasteiger partial charge on any atom is 0.310 e. The summed E-state index contributed by atoms with van der Waals surface area (Å²) < 4.78 is 33.2. The van der Waals surface area contributed by atoms with Gasteiger partial charge < -0.3 is 4.74 Å². The van der Waals surface area contributed by atoms with Gasteiger partial charge in [-0.25, -0.2) is 8.78 Å². The standard InChI is InChI=1S/C22H20Br2F2O2/c1-12-14(5-4-6-15(12)13-7-8-17(25)18(26)9-13)11-28-21(27)20-16(10-19(23)24)22(20,2)3/h4-10,16,20H,11H2,1-3H3. The summed E-state index contributed by atoms with van der Waals surface area (Å²) in [6.07, 6.45) is 1.97. The Morgan fingerprint density at radius 3 is 2.54 bits per heavy atom. The Morgan fingerprint density at radius 1 is 1.18 bits per heavy atom. The van der Waals surface area contributed by atoms with Crippen LogP contribution in [0.4, 0.5) is 8.78 Å². The van der Waals surface area contributed by atoms with Gasteiger partial charge in [0.15, 0.2) is 11.6 Å². The summed E-state index contributed by atoms with van der Waals surface area (Å²) in [7, 11) is 0. The van der Waals surface area contributed by atoms with Gasteiger partial charge >= 0.3 is 5.97 Å². The molecule has 2 unspecified atom stereocenters. The van der Waals surface area contributed by atoms with E-state index in [-0.39, 0.29) is 29.8 Å². The van der Waals surface area contributed by atoms with Crippen LogP contribution in [0.3, 0.4) is 0 Å². The largest absolute Gasteiger partial charge is 0.461 e. The lowest BCUT2D eigenvalue weighted by atomic mass is 9.96. The molecule has 0 saturated heterocycles. The Bertz CT molecular complexity index is 950. The van der Waals surface area contributed by atoms with Crippen LogP contribution in [-0.2, 0) is 16.1 Å². The fourth-order valence-electron chi connectivity index (χ4n) is 3.63. The van der Waals surface area contributed by atoms with Gasteiger partial charge in [-0.2, -0.15) is 0 Å². The number of esters is 1. The highest BCUT2D eigenvalue weighted by Gasteiger charge is 2.61. The second-order valence-electron chi connectivity index (χ2n) is 7.61. The van der Waals surface area contributed by atoms with E-state index in [1.807, 2.05) is 45.0 Å². The van der Waals surface area contributed by atoms with E-state index in [9.17, 15) is 13.6 Å². The zero-order valence-electron chi connectivity index (χ0n) is 15.7. The summed E-state index contributed by atoms with van der Waals surface area (Å²) in [6, 6.07) is 9.36. The Kier molecular flexibility index (Phi) is 6.11. The zero-order valence-corrected chi connectivity index (χ0v) is 18.9. The lowest BCUT2D eigenvalue weighted by Gasteiger charge is -2.13. The van der Waals surface area contributed by atoms with Gasteiger partial charge in [0.1, 0.15) is 6.61 Å². The number of rotatable bonds is 5. The van der Waals surface area contributed by atoms with Crippen LogP contribution in [0.5, 0.6) is 0 Å². The van der Waals surface area contributed by atoms with Crippen molar-refractivity contribution in [1.82, 2.24) is 0 Å². The van der Waals surface area contributed by atoms with Crippen molar-refractivity contribution in [2.45, 2.75) is 27.4 Å². The molecular weight excluding hydrogens is 494 g/mol. The SMILES string of the molecule is Cc1c(COC(=O)C2C(C=C(Br)Br)C2(C)C)cccc1-c1ccc(F)c(F)c1. The van der Waals surface area contributed by atoms with E-state index in [2.05, 4.69) is 31.9 Å². The van der Waals surface area contributed by atoms with Crippen molar-refractivity contribution in [3.8, 4) is 11.1 Å². The van der Waals surface area contributed by atoms with Gasteiger partial charge in [0, 0.05) is 0 Å². The summed E-state index contributed by atoms with van der Waals surface area (Å²) in [5.74, 6) is -2.07. The molecule has 0 bridgehead atoms. The zero-order chi connectivity index (χ0) is 20.6. The predicted octanol–water partition coefficient (Wildman–Crippen LogP) is 6.89. The van der Waals surface area contributed by atoms with E-state index in [4.69, 9.17) is 4.74 Å². The number of hydrogen-bond donors (Lipinski definition) is 0. The van der Waals surface area contributed by atoms with E-state index in [1.54, 1.807) is 6.07 Å². The van der Waals surface area contributed by atoms with Gasteiger partial charge in [-0.1, -0.05) is 44.2 Å². The number of ether oxygens (including phenoxy) is 1. The molecule has 3 rings (SSSR count). The first kappa shape index (κ1) is 21.2. The molecule has 2 aromatic carbocycles. The fourth-order valence-corrected chi connectivity index (χ4v) is 4.20. The maximum atomic E-state index is 13.6. The molecule has 28 heavy (non-hydrogen) atoms. The third-order valence-corrected chi connectivity index (χ3v) is 6.05. The molecule has 1 saturated carbocycles. The van der Waals surface area contributed by atoms with Crippen molar-refractivity contribution in [2.24, 2.45) is 17.3 Å². The second-order valence-corrected chi connectivity index (χ2v) is 10.4. The Morgan fingerprint density at radius 2 is 1.89 bits per heavy atom.